The molecule has 0 fully saturated rings. The van der Waals surface area contributed by atoms with Crippen LogP contribution in [0.3, 0.4) is 0 Å². The SMILES string of the molecule is CCCCCCCCOC(C)(C)COCCCC(CCCC)CCCCCCCCCC([O])=O. The number of rotatable bonds is 27. The second kappa shape index (κ2) is 24.1. The maximum absolute atomic E-state index is 10.4. The van der Waals surface area contributed by atoms with Crippen LogP contribution in [0.15, 0.2) is 0 Å². The minimum Gasteiger partial charge on any atom is -0.378 e. The predicted octanol–water partition coefficient (Wildman–Crippen LogP) is 9.21. The molecule has 203 valence electrons. The van der Waals surface area contributed by atoms with Crippen molar-refractivity contribution in [3.8, 4) is 0 Å². The van der Waals surface area contributed by atoms with Gasteiger partial charge in [-0.3, -0.25) is 0 Å². The molecule has 1 atom stereocenters. The summed E-state index contributed by atoms with van der Waals surface area (Å²) in [4.78, 5) is 10.4. The van der Waals surface area contributed by atoms with Gasteiger partial charge in [0, 0.05) is 13.2 Å². The Morgan fingerprint density at radius 2 is 1.18 bits per heavy atom. The smallest absolute Gasteiger partial charge is 0.355 e. The fraction of sp³-hybridized carbons (Fsp3) is 0.967. The largest absolute Gasteiger partial charge is 0.378 e. The Morgan fingerprint density at radius 1 is 0.647 bits per heavy atom. The molecule has 1 radical (unpaired) electrons. The molecule has 0 saturated heterocycles. The van der Waals surface area contributed by atoms with Crippen molar-refractivity contribution in [2.24, 2.45) is 5.92 Å². The quantitative estimate of drug-likeness (QED) is 0.109. The molecule has 0 aromatic carbocycles. The van der Waals surface area contributed by atoms with Crippen molar-refractivity contribution in [2.75, 3.05) is 19.8 Å². The molecule has 0 aliphatic carbocycles. The van der Waals surface area contributed by atoms with Gasteiger partial charge in [-0.05, 0) is 45.4 Å². The van der Waals surface area contributed by atoms with Crippen molar-refractivity contribution in [2.45, 2.75) is 162 Å². The first-order valence-electron chi connectivity index (χ1n) is 14.8. The fourth-order valence-electron chi connectivity index (χ4n) is 4.58. The van der Waals surface area contributed by atoms with E-state index in [0.717, 1.165) is 51.2 Å². The molecule has 0 saturated carbocycles. The number of carbonyl (C=O) groups excluding carboxylic acids is 1. The topological polar surface area (TPSA) is 55.4 Å². The standard InChI is InChI=1S/C30H59O4/c1-5-7-9-10-16-19-26-34-30(3,4)27-33-25-20-23-28(21-8-6-2)22-17-14-12-11-13-15-18-24-29(31)32/h28H,5-27H2,1-4H3. The van der Waals surface area contributed by atoms with E-state index in [4.69, 9.17) is 9.47 Å². The second-order valence-electron chi connectivity index (χ2n) is 11.0. The van der Waals surface area contributed by atoms with E-state index in [1.165, 1.54) is 89.9 Å². The van der Waals surface area contributed by atoms with Crippen molar-refractivity contribution in [3.63, 3.8) is 0 Å². The first-order chi connectivity index (χ1) is 16.4. The van der Waals surface area contributed by atoms with Gasteiger partial charge in [0.2, 0.25) is 0 Å². The van der Waals surface area contributed by atoms with E-state index >= 15 is 0 Å². The lowest BCUT2D eigenvalue weighted by atomic mass is 9.91. The van der Waals surface area contributed by atoms with Crippen molar-refractivity contribution in [1.82, 2.24) is 0 Å². The second-order valence-corrected chi connectivity index (χ2v) is 11.0. The van der Waals surface area contributed by atoms with Gasteiger partial charge < -0.3 is 9.47 Å². The fourth-order valence-corrected chi connectivity index (χ4v) is 4.58. The van der Waals surface area contributed by atoms with E-state index < -0.39 is 5.97 Å². The molecule has 0 amide bonds. The third-order valence-corrected chi connectivity index (χ3v) is 6.80. The summed E-state index contributed by atoms with van der Waals surface area (Å²) in [5.74, 6) is -0.0763. The zero-order chi connectivity index (χ0) is 25.3. The average Bonchev–Trinajstić information content (AvgIpc) is 2.79. The van der Waals surface area contributed by atoms with E-state index in [1.54, 1.807) is 0 Å². The lowest BCUT2D eigenvalue weighted by Crippen LogP contribution is -2.31. The number of carbonyl (C=O) groups is 1. The highest BCUT2D eigenvalue weighted by atomic mass is 16.5. The van der Waals surface area contributed by atoms with Crippen LogP contribution in [0.5, 0.6) is 0 Å². The Balaban J connectivity index is 3.78. The van der Waals surface area contributed by atoms with E-state index in [1.807, 2.05) is 0 Å². The molecule has 1 unspecified atom stereocenters. The third-order valence-electron chi connectivity index (χ3n) is 6.80. The van der Waals surface area contributed by atoms with Crippen LogP contribution in [-0.4, -0.2) is 31.4 Å². The summed E-state index contributed by atoms with van der Waals surface area (Å²) < 4.78 is 12.1. The lowest BCUT2D eigenvalue weighted by molar-refractivity contribution is -0.143. The summed E-state index contributed by atoms with van der Waals surface area (Å²) in [6, 6.07) is 0. The van der Waals surface area contributed by atoms with Crippen LogP contribution in [-0.2, 0) is 19.4 Å². The molecule has 0 bridgehead atoms. The Labute approximate surface area is 213 Å². The van der Waals surface area contributed by atoms with E-state index in [-0.39, 0.29) is 12.0 Å². The summed E-state index contributed by atoms with van der Waals surface area (Å²) in [5, 5.41) is 10.4. The lowest BCUT2D eigenvalue weighted by Gasteiger charge is -2.25. The highest BCUT2D eigenvalue weighted by molar-refractivity contribution is 5.66. The van der Waals surface area contributed by atoms with Crippen molar-refractivity contribution >= 4 is 5.97 Å². The van der Waals surface area contributed by atoms with Gasteiger partial charge in [0.25, 0.3) is 0 Å². The predicted molar refractivity (Wildman–Crippen MR) is 144 cm³/mol. The molecule has 0 rings (SSSR count). The minimum absolute atomic E-state index is 0.185. The van der Waals surface area contributed by atoms with Gasteiger partial charge in [0.05, 0.1) is 18.6 Å². The van der Waals surface area contributed by atoms with Crippen LogP contribution in [0.4, 0.5) is 0 Å². The van der Waals surface area contributed by atoms with Gasteiger partial charge in [-0.15, -0.1) is 0 Å². The van der Waals surface area contributed by atoms with Crippen LogP contribution >= 0.6 is 0 Å². The molecule has 0 spiro atoms. The van der Waals surface area contributed by atoms with Crippen LogP contribution in [0.1, 0.15) is 156 Å². The minimum atomic E-state index is -0.913. The maximum Gasteiger partial charge on any atom is 0.355 e. The zero-order valence-corrected chi connectivity index (χ0v) is 23.5. The summed E-state index contributed by atoms with van der Waals surface area (Å²) in [6.07, 6.45) is 23.9. The summed E-state index contributed by atoms with van der Waals surface area (Å²) in [5.41, 5.74) is -0.185. The number of hydrogen-bond acceptors (Lipinski definition) is 3. The molecule has 0 heterocycles. The molecular weight excluding hydrogens is 424 g/mol. The summed E-state index contributed by atoms with van der Waals surface area (Å²) in [6.45, 7) is 11.2. The van der Waals surface area contributed by atoms with Crippen LogP contribution in [0, 0.1) is 5.92 Å². The Bertz CT molecular complexity index is 436. The van der Waals surface area contributed by atoms with Crippen molar-refractivity contribution in [1.29, 1.82) is 0 Å². The molecule has 0 aliphatic rings. The van der Waals surface area contributed by atoms with Crippen molar-refractivity contribution in [3.05, 3.63) is 0 Å². The van der Waals surface area contributed by atoms with Gasteiger partial charge in [-0.2, -0.15) is 0 Å². The molecular formula is C30H59O4. The summed E-state index contributed by atoms with van der Waals surface area (Å²) in [7, 11) is 0. The van der Waals surface area contributed by atoms with Gasteiger partial charge in [-0.25, -0.2) is 9.90 Å². The average molecular weight is 484 g/mol. The first-order valence-corrected chi connectivity index (χ1v) is 14.8. The summed E-state index contributed by atoms with van der Waals surface area (Å²) >= 11 is 0. The molecule has 0 aromatic heterocycles. The highest BCUT2D eigenvalue weighted by Gasteiger charge is 2.18. The van der Waals surface area contributed by atoms with E-state index in [9.17, 15) is 9.90 Å². The highest BCUT2D eigenvalue weighted by Crippen LogP contribution is 2.23. The number of ether oxygens (including phenoxy) is 2. The van der Waals surface area contributed by atoms with Crippen molar-refractivity contribution < 1.29 is 19.4 Å². The molecule has 4 heteroatoms. The van der Waals surface area contributed by atoms with E-state index in [2.05, 4.69) is 27.7 Å². The van der Waals surface area contributed by atoms with Crippen LogP contribution in [0.2, 0.25) is 0 Å². The number of unbranched alkanes of at least 4 members (excludes halogenated alkanes) is 12. The van der Waals surface area contributed by atoms with Gasteiger partial charge in [-0.1, -0.05) is 110 Å². The molecule has 34 heavy (non-hydrogen) atoms. The Kier molecular flexibility index (Phi) is 23.7. The monoisotopic (exact) mass is 483 g/mol. The Morgan fingerprint density at radius 3 is 1.82 bits per heavy atom. The molecule has 4 nitrogen and oxygen atoms in total. The third kappa shape index (κ3) is 24.5. The normalized spacial score (nSPS) is 12.8. The van der Waals surface area contributed by atoms with Gasteiger partial charge >= 0.3 is 5.97 Å². The maximum atomic E-state index is 10.4. The van der Waals surface area contributed by atoms with Gasteiger partial charge in [0.1, 0.15) is 0 Å². The zero-order valence-electron chi connectivity index (χ0n) is 23.5. The van der Waals surface area contributed by atoms with Gasteiger partial charge in [0.15, 0.2) is 0 Å². The molecule has 0 aromatic rings. The first kappa shape index (κ1) is 33.4. The number of hydrogen-bond donors (Lipinski definition) is 0. The van der Waals surface area contributed by atoms with E-state index in [0.29, 0.717) is 6.61 Å². The van der Waals surface area contributed by atoms with Crippen LogP contribution < -0.4 is 0 Å². The van der Waals surface area contributed by atoms with Crippen LogP contribution in [0.25, 0.3) is 0 Å². The molecule has 0 N–H and O–H groups in total. The Hall–Kier alpha value is -0.610. The molecule has 0 aliphatic heterocycles.